The number of ether oxygens (including phenoxy) is 1. The molecule has 0 saturated carbocycles. The van der Waals surface area contributed by atoms with Crippen molar-refractivity contribution in [3.05, 3.63) is 30.6 Å². The van der Waals surface area contributed by atoms with Crippen molar-refractivity contribution in [2.45, 2.75) is 19.4 Å². The third kappa shape index (κ3) is 3.07. The number of aromatic amines is 1. The Hall–Kier alpha value is -1.88. The standard InChI is InChI=1S/C13H18N4O/c1-10(6-8-18-2)16-12-9-15-17-13(12)11-5-3-4-7-14-11/h3-5,7,9-10,16H,6,8H2,1-2H3,(H,15,17)/t10-/m1/s1. The van der Waals surface area contributed by atoms with Gasteiger partial charge >= 0.3 is 0 Å². The highest BCUT2D eigenvalue weighted by Crippen LogP contribution is 2.23. The summed E-state index contributed by atoms with van der Waals surface area (Å²) >= 11 is 0. The molecule has 18 heavy (non-hydrogen) atoms. The summed E-state index contributed by atoms with van der Waals surface area (Å²) in [4.78, 5) is 4.32. The number of pyridine rings is 1. The summed E-state index contributed by atoms with van der Waals surface area (Å²) in [6.45, 7) is 2.86. The molecule has 5 heteroatoms. The largest absolute Gasteiger partial charge is 0.385 e. The van der Waals surface area contributed by atoms with Gasteiger partial charge in [-0.3, -0.25) is 10.1 Å². The van der Waals surface area contributed by atoms with Crippen LogP contribution in [0.5, 0.6) is 0 Å². The summed E-state index contributed by atoms with van der Waals surface area (Å²) in [7, 11) is 1.71. The molecule has 2 heterocycles. The number of nitrogens with one attached hydrogen (secondary N) is 2. The van der Waals surface area contributed by atoms with Gasteiger partial charge in [-0.2, -0.15) is 5.10 Å². The predicted octanol–water partition coefficient (Wildman–Crippen LogP) is 2.31. The molecule has 2 aromatic rings. The molecule has 2 N–H and O–H groups in total. The van der Waals surface area contributed by atoms with Crippen molar-refractivity contribution in [2.75, 3.05) is 19.0 Å². The molecule has 0 aromatic carbocycles. The van der Waals surface area contributed by atoms with Gasteiger partial charge in [-0.25, -0.2) is 0 Å². The van der Waals surface area contributed by atoms with E-state index >= 15 is 0 Å². The molecule has 5 nitrogen and oxygen atoms in total. The van der Waals surface area contributed by atoms with Crippen molar-refractivity contribution in [2.24, 2.45) is 0 Å². The minimum absolute atomic E-state index is 0.324. The molecule has 96 valence electrons. The van der Waals surface area contributed by atoms with E-state index in [9.17, 15) is 0 Å². The highest BCUT2D eigenvalue weighted by Gasteiger charge is 2.10. The summed E-state index contributed by atoms with van der Waals surface area (Å²) in [6.07, 6.45) is 4.50. The lowest BCUT2D eigenvalue weighted by molar-refractivity contribution is 0.191. The summed E-state index contributed by atoms with van der Waals surface area (Å²) in [6, 6.07) is 6.14. The lowest BCUT2D eigenvalue weighted by atomic mass is 10.2. The number of rotatable bonds is 6. The highest BCUT2D eigenvalue weighted by molar-refractivity contribution is 5.70. The van der Waals surface area contributed by atoms with Crippen LogP contribution >= 0.6 is 0 Å². The Morgan fingerprint density at radius 2 is 2.33 bits per heavy atom. The molecule has 2 rings (SSSR count). The van der Waals surface area contributed by atoms with E-state index < -0.39 is 0 Å². The van der Waals surface area contributed by atoms with Gasteiger partial charge in [-0.1, -0.05) is 6.07 Å². The average molecular weight is 246 g/mol. The Labute approximate surface area is 107 Å². The Morgan fingerprint density at radius 1 is 1.44 bits per heavy atom. The smallest absolute Gasteiger partial charge is 0.107 e. The average Bonchev–Trinajstić information content (AvgIpc) is 2.85. The number of anilines is 1. The van der Waals surface area contributed by atoms with Crippen LogP contribution in [0, 0.1) is 0 Å². The Morgan fingerprint density at radius 3 is 3.06 bits per heavy atom. The first-order valence-electron chi connectivity index (χ1n) is 6.01. The fraction of sp³-hybridized carbons (Fsp3) is 0.385. The molecular weight excluding hydrogens is 228 g/mol. The van der Waals surface area contributed by atoms with Gasteiger partial charge in [-0.15, -0.1) is 0 Å². The van der Waals surface area contributed by atoms with Crippen LogP contribution in [-0.2, 0) is 4.74 Å². The zero-order valence-electron chi connectivity index (χ0n) is 10.7. The van der Waals surface area contributed by atoms with Crippen molar-refractivity contribution in [1.82, 2.24) is 15.2 Å². The molecule has 1 atom stereocenters. The lowest BCUT2D eigenvalue weighted by Crippen LogP contribution is -2.17. The maximum Gasteiger partial charge on any atom is 0.107 e. The third-order valence-corrected chi connectivity index (χ3v) is 2.72. The molecule has 0 amide bonds. The molecule has 0 aliphatic carbocycles. The number of H-pyrrole nitrogens is 1. The van der Waals surface area contributed by atoms with E-state index in [2.05, 4.69) is 27.4 Å². The Balaban J connectivity index is 2.09. The van der Waals surface area contributed by atoms with E-state index in [4.69, 9.17) is 4.74 Å². The number of hydrogen-bond acceptors (Lipinski definition) is 4. The topological polar surface area (TPSA) is 62.8 Å². The molecule has 0 spiro atoms. The normalized spacial score (nSPS) is 12.3. The van der Waals surface area contributed by atoms with Crippen LogP contribution in [0.4, 0.5) is 5.69 Å². The molecule has 0 saturated heterocycles. The first-order chi connectivity index (χ1) is 8.81. The van der Waals surface area contributed by atoms with Gasteiger partial charge in [0.15, 0.2) is 0 Å². The fourth-order valence-corrected chi connectivity index (χ4v) is 1.73. The maximum atomic E-state index is 5.07. The minimum Gasteiger partial charge on any atom is -0.385 e. The summed E-state index contributed by atoms with van der Waals surface area (Å²) in [5, 5.41) is 10.5. The molecule has 0 fully saturated rings. The van der Waals surface area contributed by atoms with E-state index in [1.165, 1.54) is 0 Å². The first kappa shape index (κ1) is 12.6. The first-order valence-corrected chi connectivity index (χ1v) is 6.01. The summed E-state index contributed by atoms with van der Waals surface area (Å²) in [5.74, 6) is 0. The number of nitrogens with zero attached hydrogens (tertiary/aromatic N) is 2. The van der Waals surface area contributed by atoms with Gasteiger partial charge in [0.2, 0.25) is 0 Å². The fourth-order valence-electron chi connectivity index (χ4n) is 1.73. The SMILES string of the molecule is COCC[C@@H](C)Nc1cn[nH]c1-c1ccccn1. The summed E-state index contributed by atoms with van der Waals surface area (Å²) in [5.41, 5.74) is 2.77. The van der Waals surface area contributed by atoms with Crippen LogP contribution in [0.1, 0.15) is 13.3 Å². The molecule has 2 aromatic heterocycles. The van der Waals surface area contributed by atoms with Crippen LogP contribution < -0.4 is 5.32 Å². The second kappa shape index (κ2) is 6.16. The van der Waals surface area contributed by atoms with Gasteiger partial charge in [0, 0.05) is 26.0 Å². The van der Waals surface area contributed by atoms with E-state index in [1.54, 1.807) is 19.5 Å². The molecule has 0 aliphatic heterocycles. The van der Waals surface area contributed by atoms with Crippen LogP contribution in [0.15, 0.2) is 30.6 Å². The Kier molecular flexibility index (Phi) is 4.30. The van der Waals surface area contributed by atoms with Gasteiger partial charge in [0.1, 0.15) is 5.69 Å². The minimum atomic E-state index is 0.324. The monoisotopic (exact) mass is 246 g/mol. The van der Waals surface area contributed by atoms with Gasteiger partial charge in [0.25, 0.3) is 0 Å². The van der Waals surface area contributed by atoms with Gasteiger partial charge in [-0.05, 0) is 25.5 Å². The van der Waals surface area contributed by atoms with Crippen molar-refractivity contribution < 1.29 is 4.74 Å². The third-order valence-electron chi connectivity index (χ3n) is 2.72. The maximum absolute atomic E-state index is 5.07. The Bertz CT molecular complexity index is 469. The second-order valence-electron chi connectivity index (χ2n) is 4.20. The summed E-state index contributed by atoms with van der Waals surface area (Å²) < 4.78 is 5.07. The van der Waals surface area contributed by atoms with Crippen molar-refractivity contribution in [1.29, 1.82) is 0 Å². The number of hydrogen-bond donors (Lipinski definition) is 2. The number of aromatic nitrogens is 3. The number of methoxy groups -OCH3 is 1. The predicted molar refractivity (Wildman–Crippen MR) is 71.4 cm³/mol. The van der Waals surface area contributed by atoms with E-state index in [0.29, 0.717) is 6.04 Å². The van der Waals surface area contributed by atoms with Crippen LogP contribution in [-0.4, -0.2) is 34.9 Å². The molecular formula is C13H18N4O. The van der Waals surface area contributed by atoms with Crippen molar-refractivity contribution >= 4 is 5.69 Å². The lowest BCUT2D eigenvalue weighted by Gasteiger charge is -2.14. The van der Waals surface area contributed by atoms with E-state index in [1.807, 2.05) is 18.2 Å². The van der Waals surface area contributed by atoms with Crippen molar-refractivity contribution in [3.63, 3.8) is 0 Å². The zero-order valence-corrected chi connectivity index (χ0v) is 10.7. The van der Waals surface area contributed by atoms with Crippen LogP contribution in [0.3, 0.4) is 0 Å². The second-order valence-corrected chi connectivity index (χ2v) is 4.20. The van der Waals surface area contributed by atoms with Crippen LogP contribution in [0.25, 0.3) is 11.4 Å². The molecule has 0 radical (unpaired) electrons. The van der Waals surface area contributed by atoms with Crippen molar-refractivity contribution in [3.8, 4) is 11.4 Å². The quantitative estimate of drug-likeness (QED) is 0.821. The van der Waals surface area contributed by atoms with E-state index in [0.717, 1.165) is 30.1 Å². The highest BCUT2D eigenvalue weighted by atomic mass is 16.5. The zero-order chi connectivity index (χ0) is 12.8. The molecule has 0 unspecified atom stereocenters. The molecule has 0 aliphatic rings. The van der Waals surface area contributed by atoms with Gasteiger partial charge < -0.3 is 10.1 Å². The van der Waals surface area contributed by atoms with Gasteiger partial charge in [0.05, 0.1) is 17.6 Å². The van der Waals surface area contributed by atoms with Crippen LogP contribution in [0.2, 0.25) is 0 Å². The molecule has 0 bridgehead atoms. The van der Waals surface area contributed by atoms with E-state index in [-0.39, 0.29) is 0 Å².